The molecule has 0 bridgehead atoms. The number of nitrogens with zero attached hydrogens (tertiary/aromatic N) is 1. The van der Waals surface area contributed by atoms with Gasteiger partial charge in [-0.15, -0.1) is 0 Å². The van der Waals surface area contributed by atoms with E-state index in [9.17, 15) is 9.59 Å². The summed E-state index contributed by atoms with van der Waals surface area (Å²) in [5.41, 5.74) is 0. The van der Waals surface area contributed by atoms with Crippen LogP contribution in [0, 0.1) is 0 Å². The number of amides is 1. The predicted molar refractivity (Wildman–Crippen MR) is 53.1 cm³/mol. The van der Waals surface area contributed by atoms with Crippen LogP contribution >= 0.6 is 0 Å². The predicted octanol–water partition coefficient (Wildman–Crippen LogP) is -0.0809. The molecule has 0 fully saturated rings. The number of carbonyl (C=O) groups is 2. The van der Waals surface area contributed by atoms with Gasteiger partial charge in [-0.05, 0) is 19.9 Å². The lowest BCUT2D eigenvalue weighted by atomic mass is 10.4. The topological polar surface area (TPSA) is 69.6 Å². The minimum Gasteiger partial charge on any atom is -0.480 e. The lowest BCUT2D eigenvalue weighted by Crippen LogP contribution is -2.41. The Bertz CT molecular complexity index is 194. The lowest BCUT2D eigenvalue weighted by Gasteiger charge is -2.18. The summed E-state index contributed by atoms with van der Waals surface area (Å²) in [4.78, 5) is 23.1. The van der Waals surface area contributed by atoms with E-state index >= 15 is 0 Å². The highest BCUT2D eigenvalue weighted by Crippen LogP contribution is 1.88. The van der Waals surface area contributed by atoms with Crippen molar-refractivity contribution in [3.05, 3.63) is 0 Å². The Labute approximate surface area is 84.1 Å². The Morgan fingerprint density at radius 3 is 2.43 bits per heavy atom. The first-order valence-corrected chi connectivity index (χ1v) is 4.82. The van der Waals surface area contributed by atoms with Gasteiger partial charge in [0.25, 0.3) is 0 Å². The fourth-order valence-corrected chi connectivity index (χ4v) is 1.02. The van der Waals surface area contributed by atoms with Gasteiger partial charge in [-0.3, -0.25) is 9.59 Å². The van der Waals surface area contributed by atoms with Gasteiger partial charge in [0.05, 0.1) is 6.54 Å². The van der Waals surface area contributed by atoms with E-state index in [2.05, 4.69) is 5.32 Å². The summed E-state index contributed by atoms with van der Waals surface area (Å²) in [6, 6.07) is 0. The van der Waals surface area contributed by atoms with E-state index < -0.39 is 5.97 Å². The maximum Gasteiger partial charge on any atom is 0.323 e. The van der Waals surface area contributed by atoms with E-state index in [4.69, 9.17) is 5.11 Å². The van der Waals surface area contributed by atoms with Crippen LogP contribution < -0.4 is 5.32 Å². The Morgan fingerprint density at radius 1 is 1.36 bits per heavy atom. The molecule has 0 radical (unpaired) electrons. The van der Waals surface area contributed by atoms with Gasteiger partial charge in [-0.2, -0.15) is 0 Å². The molecule has 0 aromatic carbocycles. The number of carbonyl (C=O) groups excluding carboxylic acids is 1. The van der Waals surface area contributed by atoms with Crippen molar-refractivity contribution >= 4 is 11.9 Å². The van der Waals surface area contributed by atoms with Gasteiger partial charge < -0.3 is 15.3 Å². The Balaban J connectivity index is 3.85. The average Bonchev–Trinajstić information content (AvgIpc) is 2.14. The van der Waals surface area contributed by atoms with E-state index in [-0.39, 0.29) is 19.0 Å². The van der Waals surface area contributed by atoms with E-state index in [0.717, 1.165) is 13.0 Å². The smallest absolute Gasteiger partial charge is 0.323 e. The number of carboxylic acids is 1. The van der Waals surface area contributed by atoms with Crippen LogP contribution in [0.2, 0.25) is 0 Å². The van der Waals surface area contributed by atoms with E-state index in [0.29, 0.717) is 6.54 Å². The quantitative estimate of drug-likeness (QED) is 0.566. The van der Waals surface area contributed by atoms with Gasteiger partial charge in [0.1, 0.15) is 6.54 Å². The number of aliphatic carboxylic acids is 1. The Kier molecular flexibility index (Phi) is 6.74. The maximum atomic E-state index is 11.4. The van der Waals surface area contributed by atoms with Crippen LogP contribution in [-0.2, 0) is 9.59 Å². The van der Waals surface area contributed by atoms with Crippen LogP contribution in [-0.4, -0.2) is 48.1 Å². The summed E-state index contributed by atoms with van der Waals surface area (Å²) in [7, 11) is 0. The van der Waals surface area contributed by atoms with Gasteiger partial charge in [0.2, 0.25) is 5.91 Å². The third-order valence-corrected chi connectivity index (χ3v) is 1.76. The summed E-state index contributed by atoms with van der Waals surface area (Å²) in [5, 5.41) is 11.5. The van der Waals surface area contributed by atoms with Gasteiger partial charge in [0, 0.05) is 6.54 Å². The molecule has 5 nitrogen and oxygen atoms in total. The molecule has 0 unspecified atom stereocenters. The van der Waals surface area contributed by atoms with Crippen molar-refractivity contribution in [2.75, 3.05) is 26.2 Å². The Hall–Kier alpha value is -1.10. The van der Waals surface area contributed by atoms with Crippen molar-refractivity contribution < 1.29 is 14.7 Å². The summed E-state index contributed by atoms with van der Waals surface area (Å²) in [5.74, 6) is -1.14. The number of likely N-dealkylation sites (N-methyl/N-ethyl adjacent to an activating group) is 1. The van der Waals surface area contributed by atoms with E-state index in [1.165, 1.54) is 4.90 Å². The zero-order chi connectivity index (χ0) is 11.0. The molecule has 82 valence electrons. The highest BCUT2D eigenvalue weighted by atomic mass is 16.4. The van der Waals surface area contributed by atoms with Crippen molar-refractivity contribution in [3.63, 3.8) is 0 Å². The van der Waals surface area contributed by atoms with Crippen LogP contribution in [0.25, 0.3) is 0 Å². The van der Waals surface area contributed by atoms with Crippen molar-refractivity contribution in [3.8, 4) is 0 Å². The molecule has 0 aliphatic rings. The molecule has 0 aromatic heterocycles. The minimum absolute atomic E-state index is 0.164. The molecule has 0 saturated carbocycles. The van der Waals surface area contributed by atoms with Crippen LogP contribution in [0.4, 0.5) is 0 Å². The average molecular weight is 202 g/mol. The minimum atomic E-state index is -0.976. The summed E-state index contributed by atoms with van der Waals surface area (Å²) < 4.78 is 0. The van der Waals surface area contributed by atoms with Crippen molar-refractivity contribution in [2.24, 2.45) is 0 Å². The molecule has 5 heteroatoms. The number of rotatable bonds is 7. The van der Waals surface area contributed by atoms with Crippen LogP contribution in [0.15, 0.2) is 0 Å². The van der Waals surface area contributed by atoms with E-state index in [1.807, 2.05) is 6.92 Å². The number of hydrogen-bond acceptors (Lipinski definition) is 3. The molecule has 0 rings (SSSR count). The van der Waals surface area contributed by atoms with Crippen LogP contribution in [0.3, 0.4) is 0 Å². The van der Waals surface area contributed by atoms with Crippen molar-refractivity contribution in [2.45, 2.75) is 20.3 Å². The second-order valence-electron chi connectivity index (χ2n) is 2.98. The molecule has 0 aliphatic heterocycles. The molecule has 0 spiro atoms. The lowest BCUT2D eigenvalue weighted by molar-refractivity contribution is -0.143. The molecule has 0 heterocycles. The van der Waals surface area contributed by atoms with Gasteiger partial charge in [0.15, 0.2) is 0 Å². The van der Waals surface area contributed by atoms with Gasteiger partial charge in [-0.25, -0.2) is 0 Å². The monoisotopic (exact) mass is 202 g/mol. The molecule has 0 aromatic rings. The third-order valence-electron chi connectivity index (χ3n) is 1.76. The molecule has 1 amide bonds. The standard InChI is InChI=1S/C9H18N2O3/c1-3-5-10-6-8(12)11(4-2)7-9(13)14/h10H,3-7H2,1-2H3,(H,13,14). The summed E-state index contributed by atoms with van der Waals surface area (Å²) in [6.45, 7) is 4.97. The summed E-state index contributed by atoms with van der Waals surface area (Å²) in [6.07, 6.45) is 0.957. The highest BCUT2D eigenvalue weighted by Gasteiger charge is 2.13. The molecule has 2 N–H and O–H groups in total. The molecular formula is C9H18N2O3. The highest BCUT2D eigenvalue weighted by molar-refractivity contribution is 5.82. The second-order valence-corrected chi connectivity index (χ2v) is 2.98. The van der Waals surface area contributed by atoms with E-state index in [1.54, 1.807) is 6.92 Å². The third kappa shape index (κ3) is 5.53. The molecule has 0 atom stereocenters. The second kappa shape index (κ2) is 7.32. The van der Waals surface area contributed by atoms with Gasteiger partial charge >= 0.3 is 5.97 Å². The maximum absolute atomic E-state index is 11.4. The fraction of sp³-hybridized carbons (Fsp3) is 0.778. The first kappa shape index (κ1) is 12.9. The first-order chi connectivity index (χ1) is 6.61. The molecule has 14 heavy (non-hydrogen) atoms. The fourth-order valence-electron chi connectivity index (χ4n) is 1.02. The van der Waals surface area contributed by atoms with Crippen molar-refractivity contribution in [1.82, 2.24) is 10.2 Å². The summed E-state index contributed by atoms with van der Waals surface area (Å²) >= 11 is 0. The normalized spacial score (nSPS) is 9.86. The number of nitrogens with one attached hydrogen (secondary N) is 1. The van der Waals surface area contributed by atoms with Gasteiger partial charge in [-0.1, -0.05) is 6.92 Å². The number of hydrogen-bond donors (Lipinski definition) is 2. The molecular weight excluding hydrogens is 184 g/mol. The number of carboxylic acid groups (broad SMARTS) is 1. The SMILES string of the molecule is CCCNCC(=O)N(CC)CC(=O)O. The molecule has 0 aliphatic carbocycles. The molecule has 0 saturated heterocycles. The first-order valence-electron chi connectivity index (χ1n) is 4.82. The zero-order valence-electron chi connectivity index (χ0n) is 8.75. The van der Waals surface area contributed by atoms with Crippen LogP contribution in [0.1, 0.15) is 20.3 Å². The zero-order valence-corrected chi connectivity index (χ0v) is 8.75. The Morgan fingerprint density at radius 2 is 2.00 bits per heavy atom. The van der Waals surface area contributed by atoms with Crippen molar-refractivity contribution in [1.29, 1.82) is 0 Å². The largest absolute Gasteiger partial charge is 0.480 e. The van der Waals surface area contributed by atoms with Crippen LogP contribution in [0.5, 0.6) is 0 Å².